The van der Waals surface area contributed by atoms with E-state index in [9.17, 15) is 4.79 Å². The van der Waals surface area contributed by atoms with Gasteiger partial charge in [-0.1, -0.05) is 42.0 Å². The molecule has 0 radical (unpaired) electrons. The minimum absolute atomic E-state index is 0.366. The number of Topliss-reactive ketones (excluding diaryl/α,β-unsaturated/α-hetero) is 1. The standard InChI is InChI=1S/C28H37NO2/c1-20(9-10-21(2)31-3)15-27-26-17-25(16-22-7-5-4-6-8-22)28(30)18-24(26)13-14-29(27)19-23-11-12-23/h4-10,16,23-24,26-27H,11-15,17-19H2,1-3H3/b20-9+,21-10+,25-16+. The smallest absolute Gasteiger partial charge is 0.159 e. The third kappa shape index (κ3) is 5.77. The largest absolute Gasteiger partial charge is 0.501 e. The summed E-state index contributed by atoms with van der Waals surface area (Å²) in [7, 11) is 1.72. The zero-order valence-electron chi connectivity index (χ0n) is 19.3. The number of likely N-dealkylation sites (tertiary alicyclic amines) is 1. The van der Waals surface area contributed by atoms with Gasteiger partial charge < -0.3 is 4.74 Å². The average Bonchev–Trinajstić information content (AvgIpc) is 3.59. The fourth-order valence-corrected chi connectivity index (χ4v) is 5.34. The van der Waals surface area contributed by atoms with Gasteiger partial charge in [0.2, 0.25) is 0 Å². The van der Waals surface area contributed by atoms with Crippen molar-refractivity contribution in [3.8, 4) is 0 Å². The minimum Gasteiger partial charge on any atom is -0.501 e. The number of benzene rings is 1. The number of ether oxygens (including phenoxy) is 1. The number of carbonyl (C=O) groups excluding carboxylic acids is 1. The van der Waals surface area contributed by atoms with Gasteiger partial charge in [0.1, 0.15) is 0 Å². The highest BCUT2D eigenvalue weighted by Gasteiger charge is 2.43. The van der Waals surface area contributed by atoms with Crippen LogP contribution < -0.4 is 0 Å². The fraction of sp³-hybridized carbons (Fsp3) is 0.536. The predicted molar refractivity (Wildman–Crippen MR) is 127 cm³/mol. The monoisotopic (exact) mass is 419 g/mol. The van der Waals surface area contributed by atoms with E-state index in [0.717, 1.165) is 48.6 Å². The Bertz CT molecular complexity index is 862. The first-order chi connectivity index (χ1) is 15.0. The Hall–Kier alpha value is -2.13. The van der Waals surface area contributed by atoms with Crippen LogP contribution in [0.4, 0.5) is 0 Å². The highest BCUT2D eigenvalue weighted by atomic mass is 16.5. The van der Waals surface area contributed by atoms with E-state index in [4.69, 9.17) is 4.74 Å². The Morgan fingerprint density at radius 2 is 1.87 bits per heavy atom. The number of rotatable bonds is 7. The third-order valence-corrected chi connectivity index (χ3v) is 7.40. The lowest BCUT2D eigenvalue weighted by atomic mass is 9.67. The van der Waals surface area contributed by atoms with Crippen LogP contribution >= 0.6 is 0 Å². The zero-order chi connectivity index (χ0) is 21.8. The molecular weight excluding hydrogens is 382 g/mol. The number of hydrogen-bond donors (Lipinski definition) is 0. The van der Waals surface area contributed by atoms with Crippen LogP contribution in [0.25, 0.3) is 6.08 Å². The van der Waals surface area contributed by atoms with Crippen LogP contribution in [-0.4, -0.2) is 36.9 Å². The molecule has 3 atom stereocenters. The molecule has 2 saturated carbocycles. The molecule has 3 aliphatic rings. The Morgan fingerprint density at radius 3 is 2.58 bits per heavy atom. The van der Waals surface area contributed by atoms with Crippen LogP contribution in [0.5, 0.6) is 0 Å². The van der Waals surface area contributed by atoms with Gasteiger partial charge in [0, 0.05) is 19.0 Å². The van der Waals surface area contributed by atoms with E-state index in [2.05, 4.69) is 42.2 Å². The summed E-state index contributed by atoms with van der Waals surface area (Å²) in [6, 6.07) is 10.9. The topological polar surface area (TPSA) is 29.5 Å². The minimum atomic E-state index is 0.366. The van der Waals surface area contributed by atoms with E-state index in [1.165, 1.54) is 31.4 Å². The van der Waals surface area contributed by atoms with Crippen molar-refractivity contribution in [1.29, 1.82) is 0 Å². The summed E-state index contributed by atoms with van der Waals surface area (Å²) in [6.07, 6.45) is 13.1. The van der Waals surface area contributed by atoms with Crippen LogP contribution in [0.2, 0.25) is 0 Å². The first-order valence-electron chi connectivity index (χ1n) is 11.9. The molecule has 3 unspecified atom stereocenters. The molecule has 1 heterocycles. The molecule has 0 amide bonds. The van der Waals surface area contributed by atoms with Gasteiger partial charge in [-0.3, -0.25) is 9.69 Å². The molecule has 2 aliphatic carbocycles. The maximum absolute atomic E-state index is 12.9. The molecule has 4 rings (SSSR count). The van der Waals surface area contributed by atoms with Gasteiger partial charge in [-0.05, 0) is 93.5 Å². The van der Waals surface area contributed by atoms with E-state index in [1.54, 1.807) is 7.11 Å². The second-order valence-electron chi connectivity index (χ2n) is 9.83. The Kier molecular flexibility index (Phi) is 7.12. The molecule has 0 aromatic heterocycles. The SMILES string of the molecule is CO/C(C)=C/C=C(\C)CC1C2C/C(=C\c3ccccc3)C(=O)CC2CCN1CC1CC1. The summed E-state index contributed by atoms with van der Waals surface area (Å²) in [5.41, 5.74) is 3.57. The van der Waals surface area contributed by atoms with Gasteiger partial charge in [0.25, 0.3) is 0 Å². The van der Waals surface area contributed by atoms with Crippen molar-refractivity contribution in [1.82, 2.24) is 4.90 Å². The summed E-state index contributed by atoms with van der Waals surface area (Å²) < 4.78 is 5.30. The predicted octanol–water partition coefficient (Wildman–Crippen LogP) is 6.04. The van der Waals surface area contributed by atoms with Crippen LogP contribution in [0.15, 0.2) is 59.4 Å². The number of carbonyl (C=O) groups is 1. The van der Waals surface area contributed by atoms with Gasteiger partial charge >= 0.3 is 0 Å². The number of allylic oxidation sites excluding steroid dienone is 4. The highest BCUT2D eigenvalue weighted by molar-refractivity contribution is 6.00. The molecule has 1 aliphatic heterocycles. The maximum Gasteiger partial charge on any atom is 0.159 e. The molecule has 1 aromatic rings. The Morgan fingerprint density at radius 1 is 1.10 bits per heavy atom. The molecule has 166 valence electrons. The number of nitrogens with zero attached hydrogens (tertiary/aromatic N) is 1. The molecule has 0 spiro atoms. The van der Waals surface area contributed by atoms with Crippen LogP contribution in [0, 0.1) is 17.8 Å². The summed E-state index contributed by atoms with van der Waals surface area (Å²) in [4.78, 5) is 15.7. The van der Waals surface area contributed by atoms with Gasteiger partial charge in [0.15, 0.2) is 5.78 Å². The van der Waals surface area contributed by atoms with Crippen molar-refractivity contribution in [2.24, 2.45) is 17.8 Å². The molecule has 3 fully saturated rings. The molecule has 3 heteroatoms. The van der Waals surface area contributed by atoms with Crippen LogP contribution in [-0.2, 0) is 9.53 Å². The van der Waals surface area contributed by atoms with E-state index in [0.29, 0.717) is 23.7 Å². The van der Waals surface area contributed by atoms with E-state index < -0.39 is 0 Å². The quantitative estimate of drug-likeness (QED) is 0.307. The van der Waals surface area contributed by atoms with Gasteiger partial charge in [-0.25, -0.2) is 0 Å². The van der Waals surface area contributed by atoms with Crippen LogP contribution in [0.3, 0.4) is 0 Å². The van der Waals surface area contributed by atoms with Gasteiger partial charge in [-0.2, -0.15) is 0 Å². The lowest BCUT2D eigenvalue weighted by Gasteiger charge is -2.48. The first-order valence-corrected chi connectivity index (χ1v) is 11.9. The lowest BCUT2D eigenvalue weighted by Crippen LogP contribution is -2.52. The average molecular weight is 420 g/mol. The van der Waals surface area contributed by atoms with Crippen molar-refractivity contribution in [3.63, 3.8) is 0 Å². The number of fused-ring (bicyclic) bond motifs is 1. The lowest BCUT2D eigenvalue weighted by molar-refractivity contribution is -0.120. The molecule has 31 heavy (non-hydrogen) atoms. The summed E-state index contributed by atoms with van der Waals surface area (Å²) in [6.45, 7) is 6.62. The number of methoxy groups -OCH3 is 1. The van der Waals surface area contributed by atoms with Gasteiger partial charge in [0.05, 0.1) is 12.9 Å². The fourth-order valence-electron chi connectivity index (χ4n) is 5.34. The maximum atomic E-state index is 12.9. The molecule has 1 aromatic carbocycles. The second kappa shape index (κ2) is 9.99. The number of piperidine rings is 1. The van der Waals surface area contributed by atoms with Crippen LogP contribution in [0.1, 0.15) is 57.9 Å². The molecular formula is C28H37NO2. The van der Waals surface area contributed by atoms with E-state index >= 15 is 0 Å². The molecule has 1 saturated heterocycles. The van der Waals surface area contributed by atoms with Crippen molar-refractivity contribution in [2.75, 3.05) is 20.2 Å². The zero-order valence-corrected chi connectivity index (χ0v) is 19.3. The summed E-state index contributed by atoms with van der Waals surface area (Å²) >= 11 is 0. The second-order valence-corrected chi connectivity index (χ2v) is 9.83. The van der Waals surface area contributed by atoms with Crippen molar-refractivity contribution >= 4 is 11.9 Å². The summed E-state index contributed by atoms with van der Waals surface area (Å²) in [5, 5.41) is 0. The molecule has 0 N–H and O–H groups in total. The summed E-state index contributed by atoms with van der Waals surface area (Å²) in [5.74, 6) is 3.29. The normalized spacial score (nSPS) is 29.2. The van der Waals surface area contributed by atoms with E-state index in [-0.39, 0.29) is 0 Å². The third-order valence-electron chi connectivity index (χ3n) is 7.40. The van der Waals surface area contributed by atoms with Gasteiger partial charge in [-0.15, -0.1) is 0 Å². The molecule has 3 nitrogen and oxygen atoms in total. The number of ketones is 1. The van der Waals surface area contributed by atoms with Crippen molar-refractivity contribution < 1.29 is 9.53 Å². The van der Waals surface area contributed by atoms with Crippen molar-refractivity contribution in [3.05, 3.63) is 65.0 Å². The molecule has 0 bridgehead atoms. The first kappa shape index (κ1) is 22.1. The van der Waals surface area contributed by atoms with Crippen molar-refractivity contribution in [2.45, 2.75) is 58.4 Å². The van der Waals surface area contributed by atoms with E-state index in [1.807, 2.05) is 25.1 Å². The highest BCUT2D eigenvalue weighted by Crippen LogP contribution is 2.44. The Labute approximate surface area is 187 Å². The number of hydrogen-bond acceptors (Lipinski definition) is 3. The Balaban J connectivity index is 1.57.